The molecule has 90 valence electrons. The number of nitrogens with two attached hydrogens (primary N) is 1. The monoisotopic (exact) mass is 239 g/mol. The molecular weight excluding hydrogens is 226 g/mol. The number of nitrogens with zero attached hydrogens (tertiary/aromatic N) is 2. The normalized spacial score (nSPS) is 12.4. The minimum atomic E-state index is 0.0720. The highest BCUT2D eigenvalue weighted by Crippen LogP contribution is 1.98. The Hall–Kier alpha value is -2.62. The summed E-state index contributed by atoms with van der Waals surface area (Å²) in [5, 5.41) is 15.4. The molecule has 0 atom stereocenters. The van der Waals surface area contributed by atoms with E-state index in [9.17, 15) is 5.21 Å². The second-order valence-electron chi connectivity index (χ2n) is 3.68. The number of hydrogen-bond donors (Lipinski definition) is 1. The molecule has 2 aromatic rings. The Labute approximate surface area is 105 Å². The predicted octanol–water partition coefficient (Wildman–Crippen LogP) is 1.94. The van der Waals surface area contributed by atoms with Crippen LogP contribution in [0.1, 0.15) is 11.1 Å². The molecule has 0 saturated carbocycles. The number of hydrazone groups is 1. The Kier molecular flexibility index (Phi) is 3.71. The molecule has 0 aromatic heterocycles. The van der Waals surface area contributed by atoms with Gasteiger partial charge in [-0.25, -0.2) is 0 Å². The zero-order valence-electron chi connectivity index (χ0n) is 9.73. The number of hydrogen-bond acceptors (Lipinski definition) is 2. The van der Waals surface area contributed by atoms with Gasteiger partial charge in [0, 0.05) is 0 Å². The molecule has 2 aromatic carbocycles. The molecule has 0 heterocycles. The van der Waals surface area contributed by atoms with Crippen molar-refractivity contribution in [2.24, 2.45) is 10.8 Å². The van der Waals surface area contributed by atoms with E-state index in [1.54, 1.807) is 12.1 Å². The average molecular weight is 239 g/mol. The van der Waals surface area contributed by atoms with Crippen LogP contribution in [-0.4, -0.2) is 16.9 Å². The minimum absolute atomic E-state index is 0.0720. The van der Waals surface area contributed by atoms with Crippen LogP contribution in [0.3, 0.4) is 0 Å². The molecular formula is C14H13N3O. The highest BCUT2D eigenvalue weighted by atomic mass is 16.5. The topological polar surface area (TPSA) is 64.5 Å². The second kappa shape index (κ2) is 5.63. The number of rotatable bonds is 3. The van der Waals surface area contributed by atoms with Gasteiger partial charge in [0.15, 0.2) is 0 Å². The van der Waals surface area contributed by atoms with Gasteiger partial charge in [-0.05, 0) is 17.7 Å². The molecule has 4 nitrogen and oxygen atoms in total. The summed E-state index contributed by atoms with van der Waals surface area (Å²) in [6, 6.07) is 18.4. The summed E-state index contributed by atoms with van der Waals surface area (Å²) in [5.74, 6) is 0.0720. The second-order valence-corrected chi connectivity index (χ2v) is 3.68. The van der Waals surface area contributed by atoms with Crippen molar-refractivity contribution in [3.63, 3.8) is 0 Å². The fourth-order valence-electron chi connectivity index (χ4n) is 1.44. The lowest BCUT2D eigenvalue weighted by Crippen LogP contribution is -2.22. The van der Waals surface area contributed by atoms with Crippen molar-refractivity contribution in [2.75, 3.05) is 0 Å². The van der Waals surface area contributed by atoms with E-state index in [2.05, 4.69) is 5.10 Å². The van der Waals surface area contributed by atoms with Crippen LogP contribution in [0.5, 0.6) is 0 Å². The third-order valence-electron chi connectivity index (χ3n) is 2.39. The van der Waals surface area contributed by atoms with Crippen molar-refractivity contribution < 1.29 is 4.85 Å². The van der Waals surface area contributed by atoms with E-state index in [4.69, 9.17) is 5.73 Å². The number of amidine groups is 1. The van der Waals surface area contributed by atoms with Gasteiger partial charge in [-0.15, -0.1) is 4.85 Å². The fourth-order valence-corrected chi connectivity index (χ4v) is 1.44. The molecule has 2 N–H and O–H groups in total. The Balaban J connectivity index is 2.21. The molecule has 2 rings (SSSR count). The van der Waals surface area contributed by atoms with E-state index in [1.165, 1.54) is 6.21 Å². The van der Waals surface area contributed by atoms with Crippen LogP contribution in [0.2, 0.25) is 0 Å². The Morgan fingerprint density at radius 1 is 1.00 bits per heavy atom. The zero-order chi connectivity index (χ0) is 12.8. The summed E-state index contributed by atoms with van der Waals surface area (Å²) >= 11 is 0. The minimum Gasteiger partial charge on any atom is -0.691 e. The summed E-state index contributed by atoms with van der Waals surface area (Å²) in [6.45, 7) is 0. The highest BCUT2D eigenvalue weighted by Gasteiger charge is 2.04. The first-order valence-electron chi connectivity index (χ1n) is 5.51. The molecule has 0 fully saturated rings. The van der Waals surface area contributed by atoms with Gasteiger partial charge in [0.1, 0.15) is 0 Å². The highest BCUT2D eigenvalue weighted by molar-refractivity contribution is 5.93. The zero-order valence-corrected chi connectivity index (χ0v) is 9.73. The van der Waals surface area contributed by atoms with Crippen molar-refractivity contribution in [2.45, 2.75) is 0 Å². The fraction of sp³-hybridized carbons (Fsp3) is 0. The third kappa shape index (κ3) is 2.95. The predicted molar refractivity (Wildman–Crippen MR) is 72.4 cm³/mol. The van der Waals surface area contributed by atoms with E-state index in [-0.39, 0.29) is 5.84 Å². The van der Waals surface area contributed by atoms with Crippen LogP contribution in [0.15, 0.2) is 65.8 Å². The van der Waals surface area contributed by atoms with Crippen molar-refractivity contribution in [1.29, 1.82) is 0 Å². The Morgan fingerprint density at radius 3 is 2.17 bits per heavy atom. The molecule has 0 aliphatic heterocycles. The van der Waals surface area contributed by atoms with Gasteiger partial charge in [-0.2, -0.15) is 0 Å². The number of benzene rings is 2. The van der Waals surface area contributed by atoms with Gasteiger partial charge < -0.3 is 5.21 Å². The van der Waals surface area contributed by atoms with Crippen molar-refractivity contribution in [3.8, 4) is 0 Å². The third-order valence-corrected chi connectivity index (χ3v) is 2.39. The summed E-state index contributed by atoms with van der Waals surface area (Å²) in [5.41, 5.74) is 7.22. The lowest BCUT2D eigenvalue weighted by molar-refractivity contribution is -0.462. The molecule has 4 heteroatoms. The van der Waals surface area contributed by atoms with Gasteiger partial charge in [0.25, 0.3) is 0 Å². The van der Waals surface area contributed by atoms with Gasteiger partial charge in [-0.3, -0.25) is 5.73 Å². The van der Waals surface area contributed by atoms with Crippen LogP contribution in [0, 0.1) is 5.21 Å². The first-order chi connectivity index (χ1) is 8.77. The lowest BCUT2D eigenvalue weighted by Gasteiger charge is -2.04. The van der Waals surface area contributed by atoms with E-state index in [0.717, 1.165) is 5.56 Å². The summed E-state index contributed by atoms with van der Waals surface area (Å²) in [4.78, 5) is 0.419. The largest absolute Gasteiger partial charge is 0.691 e. The molecule has 18 heavy (non-hydrogen) atoms. The maximum absolute atomic E-state index is 11.7. The quantitative estimate of drug-likeness (QED) is 0.292. The SMILES string of the molecule is NC(c1ccccc1)=[N+]([O-])N=Cc1ccccc1. The van der Waals surface area contributed by atoms with Crippen molar-refractivity contribution >= 4 is 12.1 Å². The molecule has 0 bridgehead atoms. The lowest BCUT2D eigenvalue weighted by atomic mass is 10.2. The average Bonchev–Trinajstić information content (AvgIpc) is 2.46. The van der Waals surface area contributed by atoms with Gasteiger partial charge in [0.2, 0.25) is 0 Å². The Bertz CT molecular complexity index is 562. The molecule has 0 radical (unpaired) electrons. The summed E-state index contributed by atoms with van der Waals surface area (Å²) in [7, 11) is 0. The first kappa shape index (κ1) is 11.9. The van der Waals surface area contributed by atoms with E-state index in [0.29, 0.717) is 10.4 Å². The molecule has 0 spiro atoms. The Morgan fingerprint density at radius 2 is 1.56 bits per heavy atom. The van der Waals surface area contributed by atoms with Crippen LogP contribution >= 0.6 is 0 Å². The van der Waals surface area contributed by atoms with Crippen molar-refractivity contribution in [1.82, 2.24) is 0 Å². The molecule has 0 unspecified atom stereocenters. The van der Waals surface area contributed by atoms with Crippen molar-refractivity contribution in [3.05, 3.63) is 77.0 Å². The molecule has 0 saturated heterocycles. The molecule has 0 aliphatic rings. The maximum atomic E-state index is 11.7. The summed E-state index contributed by atoms with van der Waals surface area (Å²) in [6.07, 6.45) is 1.48. The van der Waals surface area contributed by atoms with Crippen LogP contribution in [-0.2, 0) is 0 Å². The maximum Gasteiger partial charge on any atom is 0.304 e. The smallest absolute Gasteiger partial charge is 0.304 e. The first-order valence-corrected chi connectivity index (χ1v) is 5.51. The molecule has 0 aliphatic carbocycles. The van der Waals surface area contributed by atoms with E-state index >= 15 is 0 Å². The van der Waals surface area contributed by atoms with Crippen LogP contribution in [0.25, 0.3) is 0 Å². The molecule has 0 amide bonds. The van der Waals surface area contributed by atoms with E-state index in [1.807, 2.05) is 48.5 Å². The van der Waals surface area contributed by atoms with Gasteiger partial charge >= 0.3 is 5.84 Å². The van der Waals surface area contributed by atoms with Crippen LogP contribution < -0.4 is 5.73 Å². The van der Waals surface area contributed by atoms with Gasteiger partial charge in [0.05, 0.1) is 11.8 Å². The summed E-state index contributed by atoms with van der Waals surface area (Å²) < 4.78 is 0. The van der Waals surface area contributed by atoms with E-state index < -0.39 is 0 Å². The van der Waals surface area contributed by atoms with Crippen LogP contribution in [0.4, 0.5) is 0 Å². The standard InChI is InChI=1S/C14H13N3O/c15-14(13-9-5-2-6-10-13)17(18)16-11-12-7-3-1-4-8-12/h1-11H,15H2. The van der Waals surface area contributed by atoms with Gasteiger partial charge in [-0.1, -0.05) is 53.6 Å².